The Hall–Kier alpha value is -2.24. The SMILES string of the molecule is [B]n1cccc1/C(CCN)=C1N=C(/C=C/c2ccc(SC)cc2)C=C\1C. The summed E-state index contributed by atoms with van der Waals surface area (Å²) in [7, 11) is 6.04. The number of hydrogen-bond acceptors (Lipinski definition) is 3. The lowest BCUT2D eigenvalue weighted by atomic mass is 10.0. The molecule has 26 heavy (non-hydrogen) atoms. The molecule has 1 aromatic heterocycles. The van der Waals surface area contributed by atoms with Crippen LogP contribution in [0.25, 0.3) is 11.6 Å². The Morgan fingerprint density at radius 3 is 2.62 bits per heavy atom. The highest BCUT2D eigenvalue weighted by Crippen LogP contribution is 2.31. The van der Waals surface area contributed by atoms with E-state index in [-0.39, 0.29) is 0 Å². The average Bonchev–Trinajstić information content (AvgIpc) is 3.24. The molecule has 2 N–H and O–H groups in total. The fourth-order valence-electron chi connectivity index (χ4n) is 2.99. The third-order valence-electron chi connectivity index (χ3n) is 4.31. The van der Waals surface area contributed by atoms with Crippen LogP contribution in [0.4, 0.5) is 0 Å². The summed E-state index contributed by atoms with van der Waals surface area (Å²) >= 11 is 1.74. The molecule has 0 saturated heterocycles. The van der Waals surface area contributed by atoms with Crippen molar-refractivity contribution in [2.45, 2.75) is 18.2 Å². The second kappa shape index (κ2) is 8.43. The number of rotatable bonds is 6. The van der Waals surface area contributed by atoms with Crippen LogP contribution < -0.4 is 5.73 Å². The summed E-state index contributed by atoms with van der Waals surface area (Å²) < 4.78 is 1.63. The quantitative estimate of drug-likeness (QED) is 0.617. The molecule has 0 fully saturated rings. The smallest absolute Gasteiger partial charge is 0.234 e. The first kappa shape index (κ1) is 18.6. The Morgan fingerprint density at radius 2 is 2.00 bits per heavy atom. The van der Waals surface area contributed by atoms with Gasteiger partial charge in [0.2, 0.25) is 7.98 Å². The van der Waals surface area contributed by atoms with Gasteiger partial charge in [0.15, 0.2) is 0 Å². The molecule has 2 heterocycles. The molecule has 2 aromatic rings. The standard InChI is InChI=1S/C21H22BN3S/c1-15-14-17(8-5-16-6-9-18(26-2)10-7-16)24-21(15)19(11-12-23)20-4-3-13-25(20)22/h3-10,13-14H,11-12,23H2,1-2H3/b8-5+,21-19-. The van der Waals surface area contributed by atoms with Crippen molar-refractivity contribution < 1.29 is 0 Å². The molecule has 1 aliphatic heterocycles. The number of nitrogens with two attached hydrogens (primary N) is 1. The molecule has 1 aliphatic rings. The summed E-state index contributed by atoms with van der Waals surface area (Å²) in [5.41, 5.74) is 12.1. The Bertz CT molecular complexity index is 902. The van der Waals surface area contributed by atoms with E-state index >= 15 is 0 Å². The van der Waals surface area contributed by atoms with Gasteiger partial charge in [-0.25, -0.2) is 4.99 Å². The molecule has 5 heteroatoms. The van der Waals surface area contributed by atoms with Crippen molar-refractivity contribution in [1.82, 2.24) is 4.48 Å². The van der Waals surface area contributed by atoms with Gasteiger partial charge in [0, 0.05) is 16.2 Å². The van der Waals surface area contributed by atoms with Gasteiger partial charge in [0.1, 0.15) is 0 Å². The molecule has 0 saturated carbocycles. The van der Waals surface area contributed by atoms with Crippen LogP contribution in [0, 0.1) is 0 Å². The topological polar surface area (TPSA) is 43.3 Å². The van der Waals surface area contributed by atoms with E-state index in [0.717, 1.165) is 40.2 Å². The summed E-state index contributed by atoms with van der Waals surface area (Å²) in [5.74, 6) is 0. The molecule has 0 aliphatic carbocycles. The summed E-state index contributed by atoms with van der Waals surface area (Å²) in [6.07, 6.45) is 10.9. The number of thioether (sulfide) groups is 1. The first-order valence-corrected chi connectivity index (χ1v) is 9.80. The van der Waals surface area contributed by atoms with Crippen molar-refractivity contribution in [2.24, 2.45) is 10.7 Å². The first-order chi connectivity index (χ1) is 12.6. The van der Waals surface area contributed by atoms with Crippen molar-refractivity contribution in [3.05, 3.63) is 77.3 Å². The van der Waals surface area contributed by atoms with E-state index in [1.54, 1.807) is 16.2 Å². The van der Waals surface area contributed by atoms with E-state index < -0.39 is 0 Å². The van der Waals surface area contributed by atoms with Gasteiger partial charge in [0.25, 0.3) is 0 Å². The van der Waals surface area contributed by atoms with E-state index in [4.69, 9.17) is 18.7 Å². The predicted molar refractivity (Wildman–Crippen MR) is 115 cm³/mol. The Labute approximate surface area is 160 Å². The van der Waals surface area contributed by atoms with Gasteiger partial charge in [-0.3, -0.25) is 0 Å². The molecule has 2 radical (unpaired) electrons. The number of allylic oxidation sites excluding steroid dienone is 3. The average molecular weight is 359 g/mol. The van der Waals surface area contributed by atoms with Crippen LogP contribution >= 0.6 is 11.8 Å². The van der Waals surface area contributed by atoms with E-state index in [1.165, 1.54) is 4.90 Å². The molecular formula is C21H22BN3S. The lowest BCUT2D eigenvalue weighted by molar-refractivity contribution is 0.997. The van der Waals surface area contributed by atoms with Gasteiger partial charge in [-0.2, -0.15) is 0 Å². The lowest BCUT2D eigenvalue weighted by Crippen LogP contribution is -2.05. The van der Waals surface area contributed by atoms with Crippen molar-refractivity contribution in [3.63, 3.8) is 0 Å². The minimum atomic E-state index is 0.555. The second-order valence-electron chi connectivity index (χ2n) is 6.14. The van der Waals surface area contributed by atoms with E-state index in [1.807, 2.05) is 24.4 Å². The number of aliphatic imine (C=N–C) groups is 1. The van der Waals surface area contributed by atoms with Gasteiger partial charge in [0.05, 0.1) is 11.4 Å². The molecule has 3 nitrogen and oxygen atoms in total. The molecule has 0 amide bonds. The zero-order chi connectivity index (χ0) is 18.5. The van der Waals surface area contributed by atoms with Crippen LogP contribution in [0.15, 0.2) is 75.9 Å². The second-order valence-corrected chi connectivity index (χ2v) is 7.02. The van der Waals surface area contributed by atoms with Gasteiger partial charge < -0.3 is 10.2 Å². The van der Waals surface area contributed by atoms with Crippen LogP contribution in [-0.2, 0) is 0 Å². The predicted octanol–water partition coefficient (Wildman–Crippen LogP) is 4.32. The summed E-state index contributed by atoms with van der Waals surface area (Å²) in [5, 5.41) is 0. The van der Waals surface area contributed by atoms with Gasteiger partial charge in [-0.05, 0) is 79.9 Å². The lowest BCUT2D eigenvalue weighted by Gasteiger charge is -2.11. The van der Waals surface area contributed by atoms with Gasteiger partial charge >= 0.3 is 0 Å². The van der Waals surface area contributed by atoms with E-state index in [0.29, 0.717) is 6.54 Å². The van der Waals surface area contributed by atoms with E-state index in [2.05, 4.69) is 49.6 Å². The minimum Gasteiger partial charge on any atom is -0.403 e. The normalized spacial score (nSPS) is 16.1. The van der Waals surface area contributed by atoms with Crippen molar-refractivity contribution in [3.8, 4) is 0 Å². The van der Waals surface area contributed by atoms with Crippen LogP contribution in [0.3, 0.4) is 0 Å². The molecule has 0 spiro atoms. The first-order valence-electron chi connectivity index (χ1n) is 8.58. The third kappa shape index (κ3) is 4.11. The summed E-state index contributed by atoms with van der Waals surface area (Å²) in [6.45, 7) is 2.63. The number of hydrogen-bond donors (Lipinski definition) is 1. The third-order valence-corrected chi connectivity index (χ3v) is 5.05. The van der Waals surface area contributed by atoms with Crippen molar-refractivity contribution >= 4 is 37.1 Å². The maximum atomic E-state index is 6.04. The molecule has 3 rings (SSSR count). The Balaban J connectivity index is 1.90. The maximum absolute atomic E-state index is 6.04. The minimum absolute atomic E-state index is 0.555. The fourth-order valence-corrected chi connectivity index (χ4v) is 3.40. The van der Waals surface area contributed by atoms with Crippen molar-refractivity contribution in [1.29, 1.82) is 0 Å². The van der Waals surface area contributed by atoms with Crippen LogP contribution in [0.2, 0.25) is 0 Å². The largest absolute Gasteiger partial charge is 0.403 e. The van der Waals surface area contributed by atoms with Gasteiger partial charge in [-0.15, -0.1) is 11.8 Å². The molecule has 0 unspecified atom stereocenters. The van der Waals surface area contributed by atoms with Crippen molar-refractivity contribution in [2.75, 3.05) is 12.8 Å². The van der Waals surface area contributed by atoms with Crippen LogP contribution in [0.5, 0.6) is 0 Å². The molecule has 0 bridgehead atoms. The Kier molecular flexibility index (Phi) is 6.02. The fraction of sp³-hybridized carbons (Fsp3) is 0.190. The van der Waals surface area contributed by atoms with Crippen LogP contribution in [0.1, 0.15) is 24.6 Å². The molecule has 130 valence electrons. The monoisotopic (exact) mass is 359 g/mol. The summed E-state index contributed by atoms with van der Waals surface area (Å²) in [6, 6.07) is 12.4. The highest BCUT2D eigenvalue weighted by atomic mass is 32.2. The highest BCUT2D eigenvalue weighted by molar-refractivity contribution is 7.98. The number of aromatic nitrogens is 1. The molecule has 0 atom stereocenters. The van der Waals surface area contributed by atoms with E-state index in [9.17, 15) is 0 Å². The maximum Gasteiger partial charge on any atom is 0.234 e. The zero-order valence-electron chi connectivity index (χ0n) is 15.1. The summed E-state index contributed by atoms with van der Waals surface area (Å²) in [4.78, 5) is 6.08. The molecular weight excluding hydrogens is 337 g/mol. The van der Waals surface area contributed by atoms with Gasteiger partial charge in [-0.1, -0.05) is 18.2 Å². The number of benzene rings is 1. The number of nitrogens with zero attached hydrogens (tertiary/aromatic N) is 2. The Morgan fingerprint density at radius 1 is 1.23 bits per heavy atom. The zero-order valence-corrected chi connectivity index (χ0v) is 16.0. The molecule has 1 aromatic carbocycles. The highest BCUT2D eigenvalue weighted by Gasteiger charge is 2.16. The van der Waals surface area contributed by atoms with Crippen LogP contribution in [-0.4, -0.2) is 31.0 Å².